The number of ether oxygens (including phenoxy) is 1. The highest BCUT2D eigenvalue weighted by atomic mass is 16.5. The molecule has 0 spiro atoms. The summed E-state index contributed by atoms with van der Waals surface area (Å²) in [6.07, 6.45) is 2.50. The molecule has 7 heteroatoms. The minimum Gasteiger partial charge on any atom is -0.383 e. The van der Waals surface area contributed by atoms with Crippen molar-refractivity contribution in [1.29, 1.82) is 0 Å². The molecule has 1 unspecified atom stereocenters. The van der Waals surface area contributed by atoms with Crippen molar-refractivity contribution in [1.82, 2.24) is 20.9 Å². The van der Waals surface area contributed by atoms with Gasteiger partial charge in [0.2, 0.25) is 5.91 Å². The number of rotatable bonds is 9. The van der Waals surface area contributed by atoms with Gasteiger partial charge in [-0.3, -0.25) is 14.7 Å². The number of hydrogen-bond donors (Lipinski definition) is 3. The molecule has 1 aliphatic heterocycles. The van der Waals surface area contributed by atoms with Crippen LogP contribution in [0.2, 0.25) is 0 Å². The first-order valence-corrected chi connectivity index (χ1v) is 9.23. The summed E-state index contributed by atoms with van der Waals surface area (Å²) in [6, 6.07) is 10.8. The lowest BCUT2D eigenvalue weighted by atomic mass is 10.1. The van der Waals surface area contributed by atoms with Gasteiger partial charge in [0.25, 0.3) is 0 Å². The van der Waals surface area contributed by atoms with E-state index in [1.54, 1.807) is 14.2 Å². The van der Waals surface area contributed by atoms with Gasteiger partial charge in [0.1, 0.15) is 0 Å². The van der Waals surface area contributed by atoms with Gasteiger partial charge in [0.15, 0.2) is 5.96 Å². The second-order valence-electron chi connectivity index (χ2n) is 6.32. The van der Waals surface area contributed by atoms with Gasteiger partial charge in [0.05, 0.1) is 19.2 Å². The number of amides is 1. The van der Waals surface area contributed by atoms with Crippen LogP contribution in [-0.4, -0.2) is 70.3 Å². The van der Waals surface area contributed by atoms with Crippen molar-refractivity contribution >= 4 is 11.9 Å². The predicted molar refractivity (Wildman–Crippen MR) is 104 cm³/mol. The van der Waals surface area contributed by atoms with Crippen LogP contribution >= 0.6 is 0 Å². The summed E-state index contributed by atoms with van der Waals surface area (Å²) >= 11 is 0. The highest BCUT2D eigenvalue weighted by Gasteiger charge is 2.23. The van der Waals surface area contributed by atoms with Crippen LogP contribution in [0.25, 0.3) is 0 Å². The van der Waals surface area contributed by atoms with E-state index in [2.05, 4.69) is 50.1 Å². The fourth-order valence-corrected chi connectivity index (χ4v) is 3.12. The summed E-state index contributed by atoms with van der Waals surface area (Å²) in [5.41, 5.74) is 1.30. The molecular formula is C19H31N5O2. The number of carbonyl (C=O) groups is 1. The van der Waals surface area contributed by atoms with E-state index in [1.165, 1.54) is 18.4 Å². The average molecular weight is 361 g/mol. The lowest BCUT2D eigenvalue weighted by molar-refractivity contribution is -0.120. The van der Waals surface area contributed by atoms with Gasteiger partial charge in [-0.1, -0.05) is 30.3 Å². The van der Waals surface area contributed by atoms with Gasteiger partial charge < -0.3 is 20.7 Å². The van der Waals surface area contributed by atoms with Gasteiger partial charge in [-0.25, -0.2) is 0 Å². The molecule has 0 aromatic heterocycles. The maximum Gasteiger partial charge on any atom is 0.239 e. The summed E-state index contributed by atoms with van der Waals surface area (Å²) in [5.74, 6) is 0.552. The van der Waals surface area contributed by atoms with Crippen molar-refractivity contribution in [2.75, 3.05) is 53.5 Å². The van der Waals surface area contributed by atoms with Gasteiger partial charge in [-0.15, -0.1) is 0 Å². The van der Waals surface area contributed by atoms with Crippen LogP contribution in [0.1, 0.15) is 24.4 Å². The third kappa shape index (κ3) is 6.65. The second-order valence-corrected chi connectivity index (χ2v) is 6.32. The van der Waals surface area contributed by atoms with Crippen molar-refractivity contribution < 1.29 is 9.53 Å². The molecule has 0 aliphatic carbocycles. The lowest BCUT2D eigenvalue weighted by Gasteiger charge is -2.28. The topological polar surface area (TPSA) is 78.0 Å². The molecule has 1 saturated heterocycles. The van der Waals surface area contributed by atoms with E-state index in [4.69, 9.17) is 4.74 Å². The quantitative estimate of drug-likeness (QED) is 0.344. The lowest BCUT2D eigenvalue weighted by Crippen LogP contribution is -2.46. The minimum atomic E-state index is -0.0795. The molecule has 1 atom stereocenters. The number of nitrogens with zero attached hydrogens (tertiary/aromatic N) is 2. The number of nitrogens with one attached hydrogen (secondary N) is 3. The monoisotopic (exact) mass is 361 g/mol. The number of methoxy groups -OCH3 is 1. The number of carbonyl (C=O) groups excluding carboxylic acids is 1. The van der Waals surface area contributed by atoms with Gasteiger partial charge in [0, 0.05) is 27.2 Å². The van der Waals surface area contributed by atoms with E-state index in [0.717, 1.165) is 19.6 Å². The predicted octanol–water partition coefficient (Wildman–Crippen LogP) is 0.751. The van der Waals surface area contributed by atoms with Crippen LogP contribution in [0.4, 0.5) is 0 Å². The molecular weight excluding hydrogens is 330 g/mol. The normalized spacial score (nSPS) is 16.3. The molecule has 144 valence electrons. The summed E-state index contributed by atoms with van der Waals surface area (Å²) in [6.45, 7) is 4.18. The summed E-state index contributed by atoms with van der Waals surface area (Å²) < 4.78 is 4.92. The van der Waals surface area contributed by atoms with Crippen molar-refractivity contribution in [3.8, 4) is 0 Å². The molecule has 0 bridgehead atoms. The van der Waals surface area contributed by atoms with E-state index < -0.39 is 0 Å². The van der Waals surface area contributed by atoms with E-state index in [0.29, 0.717) is 25.2 Å². The zero-order valence-electron chi connectivity index (χ0n) is 15.8. The zero-order valence-corrected chi connectivity index (χ0v) is 15.8. The number of aliphatic imine (C=N–C) groups is 1. The highest BCUT2D eigenvalue weighted by molar-refractivity contribution is 5.86. The minimum absolute atomic E-state index is 0.0795. The Morgan fingerprint density at radius 1 is 1.19 bits per heavy atom. The molecule has 7 nitrogen and oxygen atoms in total. The molecule has 26 heavy (non-hydrogen) atoms. The Kier molecular flexibility index (Phi) is 8.92. The molecule has 1 aromatic carbocycles. The van der Waals surface area contributed by atoms with Crippen molar-refractivity contribution in [3.05, 3.63) is 35.9 Å². The first-order chi connectivity index (χ1) is 12.7. The Hall–Kier alpha value is -2.12. The molecule has 0 radical (unpaired) electrons. The average Bonchev–Trinajstić information content (AvgIpc) is 3.20. The van der Waals surface area contributed by atoms with Gasteiger partial charge >= 0.3 is 0 Å². The fraction of sp³-hybridized carbons (Fsp3) is 0.579. The fourth-order valence-electron chi connectivity index (χ4n) is 3.12. The van der Waals surface area contributed by atoms with Crippen LogP contribution in [-0.2, 0) is 9.53 Å². The van der Waals surface area contributed by atoms with Crippen LogP contribution < -0.4 is 16.0 Å². The maximum atomic E-state index is 11.8. The Balaban J connectivity index is 1.84. The molecule has 2 rings (SSSR count). The van der Waals surface area contributed by atoms with Crippen LogP contribution in [0, 0.1) is 0 Å². The van der Waals surface area contributed by atoms with E-state index >= 15 is 0 Å². The second kappa shape index (κ2) is 11.5. The van der Waals surface area contributed by atoms with E-state index in [1.807, 2.05) is 6.07 Å². The zero-order chi connectivity index (χ0) is 18.6. The van der Waals surface area contributed by atoms with Gasteiger partial charge in [-0.2, -0.15) is 0 Å². The largest absolute Gasteiger partial charge is 0.383 e. The third-order valence-electron chi connectivity index (χ3n) is 4.50. The van der Waals surface area contributed by atoms with Crippen molar-refractivity contribution in [3.63, 3.8) is 0 Å². The molecule has 0 saturated carbocycles. The summed E-state index contributed by atoms with van der Waals surface area (Å²) in [7, 11) is 3.32. The SMILES string of the molecule is CN=C(NCC(=O)NCCOC)NCC(c1ccccc1)N1CCCC1. The first-order valence-electron chi connectivity index (χ1n) is 9.23. The van der Waals surface area contributed by atoms with Crippen molar-refractivity contribution in [2.45, 2.75) is 18.9 Å². The Bertz CT molecular complexity index is 558. The standard InChI is InChI=1S/C19H31N5O2/c1-20-19(23-15-18(25)21-10-13-26-2)22-14-17(24-11-6-7-12-24)16-8-4-3-5-9-16/h3-5,8-9,17H,6-7,10-15H2,1-2H3,(H,21,25)(H2,20,22,23). The van der Waals surface area contributed by atoms with Crippen LogP contribution in [0.5, 0.6) is 0 Å². The molecule has 3 N–H and O–H groups in total. The maximum absolute atomic E-state index is 11.8. The van der Waals surface area contributed by atoms with E-state index in [-0.39, 0.29) is 12.5 Å². The smallest absolute Gasteiger partial charge is 0.239 e. The van der Waals surface area contributed by atoms with Crippen molar-refractivity contribution in [2.24, 2.45) is 4.99 Å². The van der Waals surface area contributed by atoms with E-state index in [9.17, 15) is 4.79 Å². The highest BCUT2D eigenvalue weighted by Crippen LogP contribution is 2.24. The Labute approximate surface area is 156 Å². The number of benzene rings is 1. The molecule has 1 fully saturated rings. The molecule has 1 amide bonds. The third-order valence-corrected chi connectivity index (χ3v) is 4.50. The molecule has 1 heterocycles. The molecule has 1 aromatic rings. The van der Waals surface area contributed by atoms with Crippen LogP contribution in [0.3, 0.4) is 0 Å². The number of hydrogen-bond acceptors (Lipinski definition) is 4. The number of likely N-dealkylation sites (tertiary alicyclic amines) is 1. The summed E-state index contributed by atoms with van der Waals surface area (Å²) in [4.78, 5) is 18.5. The Morgan fingerprint density at radius 2 is 1.92 bits per heavy atom. The van der Waals surface area contributed by atoms with Gasteiger partial charge in [-0.05, 0) is 31.5 Å². The first kappa shape index (κ1) is 20.2. The summed E-state index contributed by atoms with van der Waals surface area (Å²) in [5, 5.41) is 9.20. The molecule has 1 aliphatic rings. The van der Waals surface area contributed by atoms with Crippen LogP contribution in [0.15, 0.2) is 35.3 Å². The number of guanidine groups is 1. The Morgan fingerprint density at radius 3 is 2.58 bits per heavy atom.